The summed E-state index contributed by atoms with van der Waals surface area (Å²) in [6.45, 7) is 0. The molecule has 0 aliphatic carbocycles. The molecule has 0 aliphatic heterocycles. The lowest BCUT2D eigenvalue weighted by Gasteiger charge is -2.10. The monoisotopic (exact) mass is 214 g/mol. The van der Waals surface area contributed by atoms with Crippen LogP contribution in [0.3, 0.4) is 0 Å². The summed E-state index contributed by atoms with van der Waals surface area (Å²) >= 11 is 0. The molecule has 0 saturated carbocycles. The number of nitrogens with zero attached hydrogens (tertiary/aromatic N) is 1. The van der Waals surface area contributed by atoms with Gasteiger partial charge in [0.25, 0.3) is 0 Å². The van der Waals surface area contributed by atoms with Crippen molar-refractivity contribution < 1.29 is 0 Å². The van der Waals surface area contributed by atoms with Crippen molar-refractivity contribution in [3.05, 3.63) is 66.0 Å². The maximum absolute atomic E-state index is 6.09. The van der Waals surface area contributed by atoms with Gasteiger partial charge in [0.15, 0.2) is 0 Å². The van der Waals surface area contributed by atoms with E-state index < -0.39 is 0 Å². The first kappa shape index (κ1) is 12.4. The summed E-state index contributed by atoms with van der Waals surface area (Å²) in [4.78, 5) is 4.26. The van der Waals surface area contributed by atoms with E-state index in [1.807, 2.05) is 48.5 Å². The van der Waals surface area contributed by atoms with Gasteiger partial charge in [-0.1, -0.05) is 43.8 Å². The Balaban J connectivity index is 0.00000128. The molecular formula is C14H18N2. The van der Waals surface area contributed by atoms with Crippen LogP contribution in [-0.4, -0.2) is 4.98 Å². The molecule has 0 bridgehead atoms. The maximum atomic E-state index is 6.09. The zero-order chi connectivity index (χ0) is 10.5. The number of hydrogen-bond donors (Lipinski definition) is 1. The molecule has 2 N–H and O–H groups in total. The van der Waals surface area contributed by atoms with E-state index in [2.05, 4.69) is 4.98 Å². The fraction of sp³-hybridized carbons (Fsp3) is 0.214. The number of benzene rings is 1. The summed E-state index contributed by atoms with van der Waals surface area (Å²) in [5, 5.41) is 0. The predicted molar refractivity (Wildman–Crippen MR) is 68.0 cm³/mol. The van der Waals surface area contributed by atoms with Gasteiger partial charge in [0.05, 0.1) is 0 Å². The molecule has 0 unspecified atom stereocenters. The van der Waals surface area contributed by atoms with E-state index in [1.165, 1.54) is 0 Å². The summed E-state index contributed by atoms with van der Waals surface area (Å²) in [5.41, 5.74) is 8.28. The molecule has 0 fully saturated rings. The SMILES string of the molecule is C.N[C@@H](Cc1ccccn1)c1ccccc1. The van der Waals surface area contributed by atoms with Gasteiger partial charge in [-0.25, -0.2) is 0 Å². The van der Waals surface area contributed by atoms with Gasteiger partial charge in [0.1, 0.15) is 0 Å². The summed E-state index contributed by atoms with van der Waals surface area (Å²) in [6, 6.07) is 16.0. The minimum Gasteiger partial charge on any atom is -0.324 e. The molecule has 1 heterocycles. The van der Waals surface area contributed by atoms with E-state index >= 15 is 0 Å². The zero-order valence-corrected chi connectivity index (χ0v) is 8.51. The Labute approximate surface area is 97.1 Å². The van der Waals surface area contributed by atoms with Crippen LogP contribution in [0.1, 0.15) is 24.7 Å². The van der Waals surface area contributed by atoms with Crippen molar-refractivity contribution in [2.75, 3.05) is 0 Å². The maximum Gasteiger partial charge on any atom is 0.0422 e. The minimum atomic E-state index is 0. The highest BCUT2D eigenvalue weighted by atomic mass is 14.7. The Kier molecular flexibility index (Phi) is 4.67. The van der Waals surface area contributed by atoms with Crippen LogP contribution in [0.5, 0.6) is 0 Å². The van der Waals surface area contributed by atoms with Crippen LogP contribution in [0.2, 0.25) is 0 Å². The molecule has 0 aliphatic rings. The third-order valence-electron chi connectivity index (χ3n) is 2.38. The summed E-state index contributed by atoms with van der Waals surface area (Å²) < 4.78 is 0. The third kappa shape index (κ3) is 3.17. The molecule has 2 rings (SSSR count). The van der Waals surface area contributed by atoms with Crippen molar-refractivity contribution in [3.63, 3.8) is 0 Å². The Morgan fingerprint density at radius 3 is 2.31 bits per heavy atom. The predicted octanol–water partition coefficient (Wildman–Crippen LogP) is 2.96. The van der Waals surface area contributed by atoms with Crippen molar-refractivity contribution in [2.24, 2.45) is 5.73 Å². The van der Waals surface area contributed by atoms with Gasteiger partial charge in [-0.05, 0) is 17.7 Å². The third-order valence-corrected chi connectivity index (χ3v) is 2.38. The summed E-state index contributed by atoms with van der Waals surface area (Å²) in [6.07, 6.45) is 2.58. The molecular weight excluding hydrogens is 196 g/mol. The lowest BCUT2D eigenvalue weighted by molar-refractivity contribution is 0.707. The number of pyridine rings is 1. The lowest BCUT2D eigenvalue weighted by atomic mass is 10.0. The van der Waals surface area contributed by atoms with Gasteiger partial charge in [-0.2, -0.15) is 0 Å². The molecule has 2 aromatic rings. The van der Waals surface area contributed by atoms with Crippen LogP contribution in [-0.2, 0) is 6.42 Å². The van der Waals surface area contributed by atoms with Crippen molar-refractivity contribution in [3.8, 4) is 0 Å². The number of rotatable bonds is 3. The second-order valence-corrected chi connectivity index (χ2v) is 3.54. The molecule has 1 atom stereocenters. The second kappa shape index (κ2) is 6.03. The van der Waals surface area contributed by atoms with Gasteiger partial charge >= 0.3 is 0 Å². The zero-order valence-electron chi connectivity index (χ0n) is 8.51. The van der Waals surface area contributed by atoms with Crippen LogP contribution in [0.25, 0.3) is 0 Å². The molecule has 2 nitrogen and oxygen atoms in total. The fourth-order valence-electron chi connectivity index (χ4n) is 1.56. The van der Waals surface area contributed by atoms with E-state index in [0.717, 1.165) is 17.7 Å². The van der Waals surface area contributed by atoms with Crippen molar-refractivity contribution in [2.45, 2.75) is 19.9 Å². The van der Waals surface area contributed by atoms with E-state index in [0.29, 0.717) is 0 Å². The number of nitrogens with two attached hydrogens (primary N) is 1. The number of aromatic nitrogens is 1. The van der Waals surface area contributed by atoms with Crippen molar-refractivity contribution in [1.29, 1.82) is 0 Å². The Hall–Kier alpha value is -1.67. The minimum absolute atomic E-state index is 0. The first-order valence-corrected chi connectivity index (χ1v) is 5.06. The topological polar surface area (TPSA) is 38.9 Å². The Morgan fingerprint density at radius 1 is 1.00 bits per heavy atom. The van der Waals surface area contributed by atoms with Crippen LogP contribution in [0.15, 0.2) is 54.7 Å². The van der Waals surface area contributed by atoms with Crippen LogP contribution >= 0.6 is 0 Å². The second-order valence-electron chi connectivity index (χ2n) is 3.54. The molecule has 1 aromatic carbocycles. The smallest absolute Gasteiger partial charge is 0.0422 e. The van der Waals surface area contributed by atoms with Gasteiger partial charge in [-0.3, -0.25) is 4.98 Å². The molecule has 0 spiro atoms. The lowest BCUT2D eigenvalue weighted by Crippen LogP contribution is -2.13. The van der Waals surface area contributed by atoms with Crippen LogP contribution in [0, 0.1) is 0 Å². The summed E-state index contributed by atoms with van der Waals surface area (Å²) in [7, 11) is 0. The largest absolute Gasteiger partial charge is 0.324 e. The van der Waals surface area contributed by atoms with Gasteiger partial charge in [0, 0.05) is 24.4 Å². The van der Waals surface area contributed by atoms with Gasteiger partial charge in [-0.15, -0.1) is 0 Å². The van der Waals surface area contributed by atoms with Crippen molar-refractivity contribution >= 4 is 0 Å². The molecule has 84 valence electrons. The van der Waals surface area contributed by atoms with Crippen molar-refractivity contribution in [1.82, 2.24) is 4.98 Å². The highest BCUT2D eigenvalue weighted by Crippen LogP contribution is 2.13. The molecule has 1 aromatic heterocycles. The Morgan fingerprint density at radius 2 is 1.69 bits per heavy atom. The molecule has 0 saturated heterocycles. The average molecular weight is 214 g/mol. The molecule has 0 radical (unpaired) electrons. The molecule has 16 heavy (non-hydrogen) atoms. The molecule has 0 amide bonds. The van der Waals surface area contributed by atoms with E-state index in [-0.39, 0.29) is 13.5 Å². The van der Waals surface area contributed by atoms with Gasteiger partial charge in [0.2, 0.25) is 0 Å². The fourth-order valence-corrected chi connectivity index (χ4v) is 1.56. The first-order chi connectivity index (χ1) is 7.36. The standard InChI is InChI=1S/C13H14N2.CH4/c14-13(11-6-2-1-3-7-11)10-12-8-4-5-9-15-12;/h1-9,13H,10,14H2;1H4/t13-;/m0./s1. The quantitative estimate of drug-likeness (QED) is 0.853. The summed E-state index contributed by atoms with van der Waals surface area (Å²) in [5.74, 6) is 0. The highest BCUT2D eigenvalue weighted by molar-refractivity contribution is 5.20. The first-order valence-electron chi connectivity index (χ1n) is 5.06. The van der Waals surface area contributed by atoms with E-state index in [4.69, 9.17) is 5.73 Å². The average Bonchev–Trinajstić information content (AvgIpc) is 2.31. The van der Waals surface area contributed by atoms with Gasteiger partial charge < -0.3 is 5.73 Å². The Bertz CT molecular complexity index is 398. The highest BCUT2D eigenvalue weighted by Gasteiger charge is 2.06. The molecule has 2 heteroatoms. The normalized spacial score (nSPS) is 11.6. The van der Waals surface area contributed by atoms with E-state index in [9.17, 15) is 0 Å². The van der Waals surface area contributed by atoms with Crippen LogP contribution < -0.4 is 5.73 Å². The van der Waals surface area contributed by atoms with E-state index in [1.54, 1.807) is 6.20 Å². The number of hydrogen-bond acceptors (Lipinski definition) is 2. The van der Waals surface area contributed by atoms with Crippen LogP contribution in [0.4, 0.5) is 0 Å².